The van der Waals surface area contributed by atoms with Gasteiger partial charge in [-0.25, -0.2) is 23.8 Å². The second-order valence-corrected chi connectivity index (χ2v) is 10.2. The molecule has 2 aliphatic heterocycles. The summed E-state index contributed by atoms with van der Waals surface area (Å²) in [6.45, 7) is 6.44. The van der Waals surface area contributed by atoms with E-state index < -0.39 is 0 Å². The Balaban J connectivity index is 1.31. The number of nitrogens with zero attached hydrogens (tertiary/aromatic N) is 6. The van der Waals surface area contributed by atoms with E-state index in [4.69, 9.17) is 4.98 Å². The minimum absolute atomic E-state index is 0.378. The molecular formula is C25H31N9S. The van der Waals surface area contributed by atoms with Gasteiger partial charge in [-0.15, -0.1) is 0 Å². The lowest BCUT2D eigenvalue weighted by Gasteiger charge is -2.23. The summed E-state index contributed by atoms with van der Waals surface area (Å²) in [6, 6.07) is 8.97. The van der Waals surface area contributed by atoms with Gasteiger partial charge in [0.25, 0.3) is 0 Å². The normalized spacial score (nSPS) is 18.9. The van der Waals surface area contributed by atoms with Gasteiger partial charge in [0.15, 0.2) is 5.82 Å². The Hall–Kier alpha value is -2.95. The Morgan fingerprint density at radius 3 is 2.89 bits per heavy atom. The standard InChI is InChI=1S/C25H31N9S/c1-2-17-12-18(13-19-14-27-25(31-23(17)19)30-20-6-5-9-26-15-20)21-7-8-22-24(28-16-29-34(21)22)32-35-33-10-3-4-11-33/h7-8,12-14,16,20,26H,2-6,9-11,15H2,1H3,(H,27,30,31)(H,28,29,32). The first kappa shape index (κ1) is 22.5. The zero-order valence-electron chi connectivity index (χ0n) is 20.0. The summed E-state index contributed by atoms with van der Waals surface area (Å²) in [7, 11) is 0. The minimum Gasteiger partial charge on any atom is -0.350 e. The number of anilines is 2. The van der Waals surface area contributed by atoms with Crippen LogP contribution in [-0.4, -0.2) is 61.1 Å². The Morgan fingerprint density at radius 1 is 1.14 bits per heavy atom. The molecule has 0 saturated carbocycles. The van der Waals surface area contributed by atoms with Crippen LogP contribution < -0.4 is 15.4 Å². The zero-order valence-corrected chi connectivity index (χ0v) is 20.8. The lowest BCUT2D eigenvalue weighted by molar-refractivity contribution is 0.478. The maximum Gasteiger partial charge on any atom is 0.223 e. The van der Waals surface area contributed by atoms with E-state index in [0.29, 0.717) is 12.0 Å². The fraction of sp³-hybridized carbons (Fsp3) is 0.440. The molecule has 0 spiro atoms. The zero-order chi connectivity index (χ0) is 23.6. The first-order chi connectivity index (χ1) is 17.3. The number of rotatable bonds is 7. The highest BCUT2D eigenvalue weighted by Crippen LogP contribution is 2.31. The molecule has 5 heterocycles. The van der Waals surface area contributed by atoms with Gasteiger partial charge in [0.1, 0.15) is 11.8 Å². The fourth-order valence-electron chi connectivity index (χ4n) is 4.98. The molecular weight excluding hydrogens is 458 g/mol. The minimum atomic E-state index is 0.378. The molecule has 0 bridgehead atoms. The SMILES string of the molecule is CCc1cc(-c2ccc3c(NSN4CCCC4)ncnn23)cc2cnc(NC3CCCNC3)nc12. The number of aryl methyl sites for hydroxylation is 1. The summed E-state index contributed by atoms with van der Waals surface area (Å²) in [5.41, 5.74) is 5.31. The average molecular weight is 490 g/mol. The Kier molecular flexibility index (Phi) is 6.41. The second kappa shape index (κ2) is 9.96. The third-order valence-corrected chi connectivity index (χ3v) is 7.77. The van der Waals surface area contributed by atoms with Crippen LogP contribution in [0.3, 0.4) is 0 Å². The highest BCUT2D eigenvalue weighted by molar-refractivity contribution is 7.98. The maximum absolute atomic E-state index is 4.90. The van der Waals surface area contributed by atoms with E-state index in [-0.39, 0.29) is 0 Å². The quantitative estimate of drug-likeness (QED) is 0.331. The van der Waals surface area contributed by atoms with Crippen molar-refractivity contribution in [3.05, 3.63) is 42.4 Å². The predicted molar refractivity (Wildman–Crippen MR) is 142 cm³/mol. The number of hydrogen-bond acceptors (Lipinski definition) is 9. The molecule has 0 aliphatic carbocycles. The van der Waals surface area contributed by atoms with Crippen molar-refractivity contribution in [2.45, 2.75) is 45.1 Å². The monoisotopic (exact) mass is 489 g/mol. The van der Waals surface area contributed by atoms with Crippen LogP contribution in [0.1, 0.15) is 38.2 Å². The molecule has 0 amide bonds. The van der Waals surface area contributed by atoms with E-state index in [1.165, 1.54) is 24.8 Å². The van der Waals surface area contributed by atoms with Crippen molar-refractivity contribution in [1.82, 2.24) is 34.2 Å². The molecule has 1 unspecified atom stereocenters. The van der Waals surface area contributed by atoms with Crippen LogP contribution in [0.25, 0.3) is 27.7 Å². The number of fused-ring (bicyclic) bond motifs is 2. The van der Waals surface area contributed by atoms with Crippen LogP contribution >= 0.6 is 12.1 Å². The molecule has 3 aromatic heterocycles. The largest absolute Gasteiger partial charge is 0.350 e. The highest BCUT2D eigenvalue weighted by Gasteiger charge is 2.17. The molecule has 9 nitrogen and oxygen atoms in total. The number of aromatic nitrogens is 5. The van der Waals surface area contributed by atoms with E-state index in [0.717, 1.165) is 72.5 Å². The van der Waals surface area contributed by atoms with E-state index in [2.05, 4.69) is 65.9 Å². The number of nitrogens with one attached hydrogen (secondary N) is 3. The topological polar surface area (TPSA) is 95.3 Å². The lowest BCUT2D eigenvalue weighted by Crippen LogP contribution is -2.38. The molecule has 0 radical (unpaired) electrons. The summed E-state index contributed by atoms with van der Waals surface area (Å²) < 4.78 is 7.73. The van der Waals surface area contributed by atoms with Crippen molar-refractivity contribution in [1.29, 1.82) is 0 Å². The van der Waals surface area contributed by atoms with E-state index in [9.17, 15) is 0 Å². The third-order valence-electron chi connectivity index (χ3n) is 6.86. The molecule has 1 atom stereocenters. The van der Waals surface area contributed by atoms with Crippen LogP contribution in [0, 0.1) is 0 Å². The van der Waals surface area contributed by atoms with Crippen molar-refractivity contribution >= 4 is 40.3 Å². The van der Waals surface area contributed by atoms with Gasteiger partial charge in [-0.05, 0) is 68.5 Å². The predicted octanol–water partition coefficient (Wildman–Crippen LogP) is 4.14. The van der Waals surface area contributed by atoms with Crippen LogP contribution in [0.5, 0.6) is 0 Å². The van der Waals surface area contributed by atoms with Gasteiger partial charge in [0.05, 0.1) is 11.2 Å². The van der Waals surface area contributed by atoms with Gasteiger partial charge < -0.3 is 10.6 Å². The Morgan fingerprint density at radius 2 is 2.06 bits per heavy atom. The number of benzene rings is 1. The second-order valence-electron chi connectivity index (χ2n) is 9.26. The van der Waals surface area contributed by atoms with E-state index in [1.54, 1.807) is 18.5 Å². The first-order valence-electron chi connectivity index (χ1n) is 12.6. The smallest absolute Gasteiger partial charge is 0.223 e. The summed E-state index contributed by atoms with van der Waals surface area (Å²) in [4.78, 5) is 14.0. The number of piperidine rings is 1. The van der Waals surface area contributed by atoms with Gasteiger partial charge in [-0.1, -0.05) is 6.92 Å². The first-order valence-corrected chi connectivity index (χ1v) is 13.3. The van der Waals surface area contributed by atoms with Crippen LogP contribution in [0.15, 0.2) is 36.8 Å². The van der Waals surface area contributed by atoms with Crippen molar-refractivity contribution in [3.63, 3.8) is 0 Å². The highest BCUT2D eigenvalue weighted by atomic mass is 32.2. The van der Waals surface area contributed by atoms with Gasteiger partial charge >= 0.3 is 0 Å². The van der Waals surface area contributed by atoms with Crippen molar-refractivity contribution in [2.75, 3.05) is 36.2 Å². The van der Waals surface area contributed by atoms with Gasteiger partial charge in [0, 0.05) is 55.0 Å². The number of hydrogen-bond donors (Lipinski definition) is 3. The Labute approximate surface area is 209 Å². The molecule has 35 heavy (non-hydrogen) atoms. The van der Waals surface area contributed by atoms with Crippen molar-refractivity contribution in [3.8, 4) is 11.3 Å². The van der Waals surface area contributed by atoms with E-state index >= 15 is 0 Å². The van der Waals surface area contributed by atoms with Crippen LogP contribution in [0.2, 0.25) is 0 Å². The van der Waals surface area contributed by atoms with Gasteiger partial charge in [-0.2, -0.15) is 5.10 Å². The third kappa shape index (κ3) is 4.65. The maximum atomic E-state index is 4.90. The molecule has 10 heteroatoms. The molecule has 3 N–H and O–H groups in total. The molecule has 2 saturated heterocycles. The van der Waals surface area contributed by atoms with E-state index in [1.807, 2.05) is 10.7 Å². The van der Waals surface area contributed by atoms with Crippen molar-refractivity contribution < 1.29 is 0 Å². The lowest BCUT2D eigenvalue weighted by atomic mass is 10.0. The fourth-order valence-corrected chi connectivity index (χ4v) is 5.80. The van der Waals surface area contributed by atoms with Gasteiger partial charge in [0.2, 0.25) is 5.95 Å². The Bertz CT molecular complexity index is 1330. The van der Waals surface area contributed by atoms with Gasteiger partial charge in [-0.3, -0.25) is 4.72 Å². The molecule has 2 aliphatic rings. The van der Waals surface area contributed by atoms with Crippen molar-refractivity contribution in [2.24, 2.45) is 0 Å². The van der Waals surface area contributed by atoms with Crippen LogP contribution in [-0.2, 0) is 6.42 Å². The summed E-state index contributed by atoms with van der Waals surface area (Å²) in [5.74, 6) is 1.54. The summed E-state index contributed by atoms with van der Waals surface area (Å²) in [6.07, 6.45) is 9.28. The molecule has 182 valence electrons. The molecule has 4 aromatic rings. The summed E-state index contributed by atoms with van der Waals surface area (Å²) in [5, 5.41) is 12.6. The average Bonchev–Trinajstić information content (AvgIpc) is 3.58. The molecule has 6 rings (SSSR count). The molecule has 1 aromatic carbocycles. The summed E-state index contributed by atoms with van der Waals surface area (Å²) >= 11 is 1.63. The van der Waals surface area contributed by atoms with Crippen LogP contribution in [0.4, 0.5) is 11.8 Å². The molecule has 2 fully saturated rings.